The third-order valence-electron chi connectivity index (χ3n) is 5.66. The molecule has 1 fully saturated rings. The van der Waals surface area contributed by atoms with Crippen LogP contribution in [-0.2, 0) is 10.8 Å². The molecule has 0 aliphatic carbocycles. The van der Waals surface area contributed by atoms with Crippen molar-refractivity contribution in [3.63, 3.8) is 0 Å². The first-order valence-corrected chi connectivity index (χ1v) is 10.9. The van der Waals surface area contributed by atoms with E-state index in [1.165, 1.54) is 5.69 Å². The molecule has 3 rings (SSSR count). The maximum atomic E-state index is 11.0. The number of nitrogens with zero attached hydrogens (tertiary/aromatic N) is 2. The Hall–Kier alpha value is -2.07. The molecule has 0 unspecified atom stereocenters. The van der Waals surface area contributed by atoms with Crippen LogP contribution in [0.5, 0.6) is 5.75 Å². The number of benzene rings is 2. The second kappa shape index (κ2) is 7.98. The minimum Gasteiger partial charge on any atom is -0.507 e. The van der Waals surface area contributed by atoms with Crippen LogP contribution < -0.4 is 4.90 Å². The SMILES string of the molecule is CC(C)(C)c1cc(C(=S)N2CCN(c3ccccc3)CC2)cc(C(C)(C)C)c1O. The summed E-state index contributed by atoms with van der Waals surface area (Å²) in [5, 5.41) is 11.0. The van der Waals surface area contributed by atoms with Crippen LogP contribution in [0.25, 0.3) is 0 Å². The van der Waals surface area contributed by atoms with Gasteiger partial charge in [-0.1, -0.05) is 72.0 Å². The Balaban J connectivity index is 1.86. The van der Waals surface area contributed by atoms with Crippen LogP contribution in [0.1, 0.15) is 58.2 Å². The summed E-state index contributed by atoms with van der Waals surface area (Å²) in [6.45, 7) is 16.6. The molecular weight excluding hydrogens is 376 g/mol. The van der Waals surface area contributed by atoms with Crippen molar-refractivity contribution < 1.29 is 5.11 Å². The summed E-state index contributed by atoms with van der Waals surface area (Å²) >= 11 is 5.93. The number of phenolic OH excluding ortho intramolecular Hbond substituents is 1. The molecule has 1 aliphatic rings. The molecule has 2 aromatic carbocycles. The van der Waals surface area contributed by atoms with E-state index in [9.17, 15) is 5.11 Å². The molecule has 1 heterocycles. The van der Waals surface area contributed by atoms with Crippen LogP contribution in [0.15, 0.2) is 42.5 Å². The molecule has 1 N–H and O–H groups in total. The lowest BCUT2D eigenvalue weighted by molar-refractivity contribution is 0.391. The zero-order chi connectivity index (χ0) is 21.4. The van der Waals surface area contributed by atoms with E-state index < -0.39 is 0 Å². The first-order chi connectivity index (χ1) is 13.5. The normalized spacial score (nSPS) is 15.5. The van der Waals surface area contributed by atoms with E-state index >= 15 is 0 Å². The Morgan fingerprint density at radius 3 is 1.76 bits per heavy atom. The van der Waals surface area contributed by atoms with Gasteiger partial charge in [0.05, 0.1) is 0 Å². The summed E-state index contributed by atoms with van der Waals surface area (Å²) in [5.41, 5.74) is 3.94. The number of phenols is 1. The average Bonchev–Trinajstić information content (AvgIpc) is 2.66. The number of hydrogen-bond acceptors (Lipinski definition) is 3. The van der Waals surface area contributed by atoms with E-state index in [4.69, 9.17) is 12.2 Å². The summed E-state index contributed by atoms with van der Waals surface area (Å²) in [6, 6.07) is 14.8. The highest BCUT2D eigenvalue weighted by Crippen LogP contribution is 2.40. The lowest BCUT2D eigenvalue weighted by Crippen LogP contribution is -2.48. The van der Waals surface area contributed by atoms with Gasteiger partial charge in [0, 0.05) is 48.6 Å². The molecule has 0 bridgehead atoms. The molecular formula is C25H34N2OS. The highest BCUT2D eigenvalue weighted by molar-refractivity contribution is 7.80. The molecule has 1 saturated heterocycles. The first-order valence-electron chi connectivity index (χ1n) is 10.5. The van der Waals surface area contributed by atoms with Gasteiger partial charge in [0.2, 0.25) is 0 Å². The molecule has 0 spiro atoms. The van der Waals surface area contributed by atoms with Gasteiger partial charge >= 0.3 is 0 Å². The molecule has 1 aliphatic heterocycles. The number of anilines is 1. The molecule has 3 nitrogen and oxygen atoms in total. The summed E-state index contributed by atoms with van der Waals surface area (Å²) in [7, 11) is 0. The number of para-hydroxylation sites is 1. The standard InChI is InChI=1S/C25H34N2OS/c1-24(2,3)20-16-18(17-21(22(20)28)25(4,5)6)23(29)27-14-12-26(13-15-27)19-10-8-7-9-11-19/h7-11,16-17,28H,12-15H2,1-6H3. The predicted molar refractivity (Wildman–Crippen MR) is 127 cm³/mol. The van der Waals surface area contributed by atoms with Crippen molar-refractivity contribution in [1.82, 2.24) is 4.90 Å². The van der Waals surface area contributed by atoms with E-state index in [2.05, 4.69) is 93.8 Å². The van der Waals surface area contributed by atoms with Crippen molar-refractivity contribution in [3.05, 3.63) is 59.2 Å². The Kier molecular flexibility index (Phi) is 5.96. The average molecular weight is 411 g/mol. The molecule has 0 atom stereocenters. The number of piperazine rings is 1. The summed E-state index contributed by atoms with van der Waals surface area (Å²) in [4.78, 5) is 5.60. The monoisotopic (exact) mass is 410 g/mol. The van der Waals surface area contributed by atoms with Crippen LogP contribution in [-0.4, -0.2) is 41.2 Å². The van der Waals surface area contributed by atoms with Gasteiger partial charge < -0.3 is 14.9 Å². The topological polar surface area (TPSA) is 26.7 Å². The number of thiocarbonyl (C=S) groups is 1. The second-order valence-electron chi connectivity index (χ2n) is 10.0. The van der Waals surface area contributed by atoms with E-state index in [0.717, 1.165) is 47.9 Å². The minimum absolute atomic E-state index is 0.151. The third-order valence-corrected chi connectivity index (χ3v) is 6.16. The number of rotatable bonds is 2. The maximum absolute atomic E-state index is 11.0. The van der Waals surface area contributed by atoms with Crippen LogP contribution >= 0.6 is 12.2 Å². The smallest absolute Gasteiger partial charge is 0.123 e. The van der Waals surface area contributed by atoms with Crippen LogP contribution in [0.4, 0.5) is 5.69 Å². The van der Waals surface area contributed by atoms with Gasteiger partial charge in [0.15, 0.2) is 0 Å². The molecule has 0 aromatic heterocycles. The molecule has 4 heteroatoms. The Labute approximate surface area is 181 Å². The zero-order valence-electron chi connectivity index (χ0n) is 18.6. The molecule has 156 valence electrons. The van der Waals surface area contributed by atoms with E-state index in [0.29, 0.717) is 5.75 Å². The lowest BCUT2D eigenvalue weighted by Gasteiger charge is -2.38. The van der Waals surface area contributed by atoms with Crippen molar-refractivity contribution in [2.45, 2.75) is 52.4 Å². The predicted octanol–water partition coefficient (Wildman–Crippen LogP) is 5.48. The second-order valence-corrected chi connectivity index (χ2v) is 10.4. The minimum atomic E-state index is -0.151. The highest BCUT2D eigenvalue weighted by atomic mass is 32.1. The maximum Gasteiger partial charge on any atom is 0.123 e. The fourth-order valence-corrected chi connectivity index (χ4v) is 4.19. The Bertz CT molecular complexity index is 835. The van der Waals surface area contributed by atoms with Gasteiger partial charge in [0.1, 0.15) is 10.7 Å². The van der Waals surface area contributed by atoms with E-state index in [1.807, 2.05) is 0 Å². The van der Waals surface area contributed by atoms with Gasteiger partial charge in [-0.05, 0) is 35.1 Å². The van der Waals surface area contributed by atoms with Crippen molar-refractivity contribution in [2.24, 2.45) is 0 Å². The highest BCUT2D eigenvalue weighted by Gasteiger charge is 2.28. The van der Waals surface area contributed by atoms with Gasteiger partial charge in [-0.3, -0.25) is 0 Å². The largest absolute Gasteiger partial charge is 0.507 e. The van der Waals surface area contributed by atoms with E-state index in [-0.39, 0.29) is 10.8 Å². The van der Waals surface area contributed by atoms with Crippen LogP contribution in [0.3, 0.4) is 0 Å². The molecule has 0 amide bonds. The summed E-state index contributed by atoms with van der Waals surface area (Å²) < 4.78 is 0. The third kappa shape index (κ3) is 4.75. The number of hydrogen-bond donors (Lipinski definition) is 1. The van der Waals surface area contributed by atoms with Crippen molar-refractivity contribution in [2.75, 3.05) is 31.1 Å². The van der Waals surface area contributed by atoms with Gasteiger partial charge in [-0.2, -0.15) is 0 Å². The fraction of sp³-hybridized carbons (Fsp3) is 0.480. The summed E-state index contributed by atoms with van der Waals surface area (Å²) in [5.74, 6) is 0.408. The summed E-state index contributed by atoms with van der Waals surface area (Å²) in [6.07, 6.45) is 0. The van der Waals surface area contributed by atoms with Crippen LogP contribution in [0, 0.1) is 0 Å². The van der Waals surface area contributed by atoms with Gasteiger partial charge in [0.25, 0.3) is 0 Å². The Morgan fingerprint density at radius 1 is 0.828 bits per heavy atom. The van der Waals surface area contributed by atoms with Crippen molar-refractivity contribution in [3.8, 4) is 5.75 Å². The molecule has 29 heavy (non-hydrogen) atoms. The first kappa shape index (κ1) is 21.6. The zero-order valence-corrected chi connectivity index (χ0v) is 19.4. The fourth-order valence-electron chi connectivity index (χ4n) is 3.89. The van der Waals surface area contributed by atoms with Crippen molar-refractivity contribution in [1.29, 1.82) is 0 Å². The number of aromatic hydroxyl groups is 1. The molecule has 0 radical (unpaired) electrons. The Morgan fingerprint density at radius 2 is 1.31 bits per heavy atom. The molecule has 0 saturated carbocycles. The van der Waals surface area contributed by atoms with Crippen molar-refractivity contribution >= 4 is 22.9 Å². The lowest BCUT2D eigenvalue weighted by atomic mass is 9.78. The van der Waals surface area contributed by atoms with E-state index in [1.54, 1.807) is 0 Å². The van der Waals surface area contributed by atoms with Gasteiger partial charge in [-0.15, -0.1) is 0 Å². The van der Waals surface area contributed by atoms with Gasteiger partial charge in [-0.25, -0.2) is 0 Å². The molecule has 2 aromatic rings. The van der Waals surface area contributed by atoms with Crippen LogP contribution in [0.2, 0.25) is 0 Å². The quantitative estimate of drug-likeness (QED) is 0.663.